The van der Waals surface area contributed by atoms with Crippen LogP contribution in [-0.4, -0.2) is 48.3 Å². The fourth-order valence-corrected chi connectivity index (χ4v) is 1.96. The second-order valence-electron chi connectivity index (χ2n) is 5.11. The normalized spacial score (nSPS) is 14.1. The molecule has 8 heteroatoms. The lowest BCUT2D eigenvalue weighted by Gasteiger charge is -2.12. The van der Waals surface area contributed by atoms with E-state index in [1.807, 2.05) is 16.9 Å². The Morgan fingerprint density at radius 3 is 2.64 bits per heavy atom. The fraction of sp³-hybridized carbons (Fsp3) is 0.643. The lowest BCUT2D eigenvalue weighted by Crippen LogP contribution is -2.42. The van der Waals surface area contributed by atoms with E-state index in [1.54, 1.807) is 13.2 Å². The fourth-order valence-electron chi connectivity index (χ4n) is 1.96. The summed E-state index contributed by atoms with van der Waals surface area (Å²) in [5.41, 5.74) is 0. The number of aromatic nitrogens is 2. The van der Waals surface area contributed by atoms with Gasteiger partial charge in [-0.25, -0.2) is 0 Å². The molecule has 22 heavy (non-hydrogen) atoms. The van der Waals surface area contributed by atoms with Crippen molar-refractivity contribution >= 4 is 35.8 Å². The minimum Gasteiger partial charge on any atom is -0.356 e. The highest BCUT2D eigenvalue weighted by molar-refractivity contribution is 14.0. The molecule has 124 valence electrons. The number of guanidine groups is 1. The molecule has 0 radical (unpaired) electrons. The second-order valence-corrected chi connectivity index (χ2v) is 5.11. The van der Waals surface area contributed by atoms with Crippen molar-refractivity contribution in [2.24, 2.45) is 10.9 Å². The summed E-state index contributed by atoms with van der Waals surface area (Å²) in [6.45, 7) is 3.02. The Bertz CT molecular complexity index is 458. The van der Waals surface area contributed by atoms with Crippen LogP contribution in [0.4, 0.5) is 0 Å². The summed E-state index contributed by atoms with van der Waals surface area (Å²) in [7, 11) is 1.74. The van der Waals surface area contributed by atoms with Crippen LogP contribution in [0, 0.1) is 5.92 Å². The number of rotatable bonds is 8. The van der Waals surface area contributed by atoms with Gasteiger partial charge in [0, 0.05) is 51.5 Å². The lowest BCUT2D eigenvalue weighted by atomic mass is 10.4. The van der Waals surface area contributed by atoms with Crippen LogP contribution in [0.3, 0.4) is 0 Å². The van der Waals surface area contributed by atoms with E-state index in [0.717, 1.165) is 38.3 Å². The van der Waals surface area contributed by atoms with Crippen molar-refractivity contribution in [2.45, 2.75) is 25.8 Å². The van der Waals surface area contributed by atoms with Crippen LogP contribution in [-0.2, 0) is 11.3 Å². The molecule has 3 N–H and O–H groups in total. The van der Waals surface area contributed by atoms with Crippen molar-refractivity contribution in [2.75, 3.05) is 26.7 Å². The zero-order chi connectivity index (χ0) is 14.9. The molecule has 0 atom stereocenters. The minimum atomic E-state index is 0. The number of nitrogens with one attached hydrogen (secondary N) is 3. The lowest BCUT2D eigenvalue weighted by molar-refractivity contribution is -0.122. The summed E-state index contributed by atoms with van der Waals surface area (Å²) in [6.07, 6.45) is 6.79. The number of carbonyl (C=O) groups is 1. The van der Waals surface area contributed by atoms with Gasteiger partial charge in [0.05, 0.1) is 0 Å². The molecule has 1 amide bonds. The number of nitrogens with zero attached hydrogens (tertiary/aromatic N) is 3. The summed E-state index contributed by atoms with van der Waals surface area (Å²) in [5, 5.41) is 13.5. The molecule has 0 unspecified atom stereocenters. The van der Waals surface area contributed by atoms with E-state index >= 15 is 0 Å². The zero-order valence-corrected chi connectivity index (χ0v) is 15.2. The Hall–Kier alpha value is -1.32. The van der Waals surface area contributed by atoms with Gasteiger partial charge in [-0.2, -0.15) is 5.10 Å². The van der Waals surface area contributed by atoms with E-state index in [4.69, 9.17) is 0 Å². The molecule has 0 saturated heterocycles. The number of aryl methyl sites for hydroxylation is 1. The average Bonchev–Trinajstić information content (AvgIpc) is 3.23. The van der Waals surface area contributed by atoms with E-state index in [2.05, 4.69) is 26.0 Å². The summed E-state index contributed by atoms with van der Waals surface area (Å²) in [5.74, 6) is 1.21. The Morgan fingerprint density at radius 1 is 1.27 bits per heavy atom. The Balaban J connectivity index is 0.00000242. The maximum Gasteiger partial charge on any atom is 0.223 e. The maximum absolute atomic E-state index is 11.4. The molecule has 2 rings (SSSR count). The number of aliphatic imine (C=N–C) groups is 1. The average molecular weight is 420 g/mol. The SMILES string of the molecule is CN=C(NCCCn1cccn1)NCCNC(=O)C1CC1.I. The first-order chi connectivity index (χ1) is 10.3. The first kappa shape index (κ1) is 18.7. The largest absolute Gasteiger partial charge is 0.356 e. The topological polar surface area (TPSA) is 83.3 Å². The number of amides is 1. The van der Waals surface area contributed by atoms with Crippen LogP contribution in [0.1, 0.15) is 19.3 Å². The number of halogens is 1. The molecule has 1 aliphatic rings. The van der Waals surface area contributed by atoms with Gasteiger partial charge >= 0.3 is 0 Å². The third-order valence-electron chi connectivity index (χ3n) is 3.30. The van der Waals surface area contributed by atoms with Crippen LogP contribution in [0.5, 0.6) is 0 Å². The molecule has 0 aliphatic heterocycles. The first-order valence-corrected chi connectivity index (χ1v) is 7.49. The van der Waals surface area contributed by atoms with Crippen molar-refractivity contribution in [1.82, 2.24) is 25.7 Å². The van der Waals surface area contributed by atoms with Gasteiger partial charge in [-0.3, -0.25) is 14.5 Å². The molecule has 0 spiro atoms. The highest BCUT2D eigenvalue weighted by Crippen LogP contribution is 2.28. The van der Waals surface area contributed by atoms with Gasteiger partial charge in [-0.15, -0.1) is 24.0 Å². The molecule has 1 fully saturated rings. The standard InChI is InChI=1S/C14H24N6O.HI/c1-15-14(17-6-2-10-20-11-3-7-19-20)18-9-8-16-13(21)12-4-5-12;/h3,7,11-12H,2,4-6,8-10H2,1H3,(H,16,21)(H2,15,17,18);1H. The highest BCUT2D eigenvalue weighted by Gasteiger charge is 2.28. The molecule has 1 aromatic heterocycles. The quantitative estimate of drug-likeness (QED) is 0.249. The summed E-state index contributed by atoms with van der Waals surface area (Å²) in [6, 6.07) is 1.92. The van der Waals surface area contributed by atoms with Crippen LogP contribution in [0.2, 0.25) is 0 Å². The van der Waals surface area contributed by atoms with Gasteiger partial charge in [0.2, 0.25) is 5.91 Å². The van der Waals surface area contributed by atoms with Crippen LogP contribution in [0.15, 0.2) is 23.5 Å². The van der Waals surface area contributed by atoms with Gasteiger partial charge in [0.1, 0.15) is 0 Å². The molecule has 1 saturated carbocycles. The molecule has 0 aromatic carbocycles. The number of carbonyl (C=O) groups excluding carboxylic acids is 1. The van der Waals surface area contributed by atoms with Gasteiger partial charge in [0.15, 0.2) is 5.96 Å². The van der Waals surface area contributed by atoms with E-state index in [1.165, 1.54) is 0 Å². The van der Waals surface area contributed by atoms with Crippen molar-refractivity contribution in [3.8, 4) is 0 Å². The van der Waals surface area contributed by atoms with Crippen molar-refractivity contribution < 1.29 is 4.79 Å². The molecule has 1 heterocycles. The predicted octanol–water partition coefficient (Wildman–Crippen LogP) is 0.582. The third-order valence-corrected chi connectivity index (χ3v) is 3.30. The van der Waals surface area contributed by atoms with E-state index < -0.39 is 0 Å². The molecule has 1 aliphatic carbocycles. The summed E-state index contributed by atoms with van der Waals surface area (Å²) < 4.78 is 1.91. The van der Waals surface area contributed by atoms with Gasteiger partial charge in [-0.05, 0) is 25.3 Å². The van der Waals surface area contributed by atoms with Gasteiger partial charge in [0.25, 0.3) is 0 Å². The Kier molecular flexibility index (Phi) is 8.86. The third kappa shape index (κ3) is 7.10. The summed E-state index contributed by atoms with van der Waals surface area (Å²) >= 11 is 0. The van der Waals surface area contributed by atoms with E-state index in [0.29, 0.717) is 13.1 Å². The van der Waals surface area contributed by atoms with E-state index in [9.17, 15) is 4.79 Å². The van der Waals surface area contributed by atoms with Crippen LogP contribution in [0.25, 0.3) is 0 Å². The second kappa shape index (κ2) is 10.4. The van der Waals surface area contributed by atoms with Crippen molar-refractivity contribution in [3.63, 3.8) is 0 Å². The molecular formula is C14H25IN6O. The van der Waals surface area contributed by atoms with Crippen molar-refractivity contribution in [3.05, 3.63) is 18.5 Å². The van der Waals surface area contributed by atoms with Crippen molar-refractivity contribution in [1.29, 1.82) is 0 Å². The molecule has 0 bridgehead atoms. The van der Waals surface area contributed by atoms with Crippen LogP contribution >= 0.6 is 24.0 Å². The number of hydrogen-bond acceptors (Lipinski definition) is 3. The monoisotopic (exact) mass is 420 g/mol. The zero-order valence-electron chi connectivity index (χ0n) is 12.9. The van der Waals surface area contributed by atoms with E-state index in [-0.39, 0.29) is 35.8 Å². The molecule has 7 nitrogen and oxygen atoms in total. The minimum absolute atomic E-state index is 0. The Labute approximate surface area is 148 Å². The molecular weight excluding hydrogens is 395 g/mol. The van der Waals surface area contributed by atoms with Gasteiger partial charge < -0.3 is 16.0 Å². The molecule has 1 aromatic rings. The first-order valence-electron chi connectivity index (χ1n) is 7.49. The Morgan fingerprint density at radius 2 is 2.00 bits per heavy atom. The number of hydrogen-bond donors (Lipinski definition) is 3. The van der Waals surface area contributed by atoms with Crippen LogP contribution < -0.4 is 16.0 Å². The highest BCUT2D eigenvalue weighted by atomic mass is 127. The maximum atomic E-state index is 11.4. The summed E-state index contributed by atoms with van der Waals surface area (Å²) in [4.78, 5) is 15.6. The van der Waals surface area contributed by atoms with Gasteiger partial charge in [-0.1, -0.05) is 0 Å². The smallest absolute Gasteiger partial charge is 0.223 e. The predicted molar refractivity (Wildman–Crippen MR) is 97.4 cm³/mol.